The molecule has 3 rings (SSSR count). The molecule has 1 aliphatic heterocycles. The van der Waals surface area contributed by atoms with E-state index >= 15 is 0 Å². The van der Waals surface area contributed by atoms with Gasteiger partial charge in [-0.3, -0.25) is 5.43 Å². The van der Waals surface area contributed by atoms with E-state index in [-0.39, 0.29) is 0 Å². The molecular formula is C12H13N3O2S2. The summed E-state index contributed by atoms with van der Waals surface area (Å²) in [7, 11) is 0. The molecule has 5 nitrogen and oxygen atoms in total. The summed E-state index contributed by atoms with van der Waals surface area (Å²) < 4.78 is 11.1. The van der Waals surface area contributed by atoms with Crippen LogP contribution in [0.1, 0.15) is 4.88 Å². The van der Waals surface area contributed by atoms with Gasteiger partial charge in [-0.25, -0.2) is 10.8 Å². The van der Waals surface area contributed by atoms with Gasteiger partial charge in [-0.15, -0.1) is 23.1 Å². The van der Waals surface area contributed by atoms with Crippen LogP contribution >= 0.6 is 23.1 Å². The van der Waals surface area contributed by atoms with Crippen molar-refractivity contribution < 1.29 is 9.47 Å². The zero-order valence-electron chi connectivity index (χ0n) is 10.1. The first-order valence-electron chi connectivity index (χ1n) is 5.79. The number of nitrogens with one attached hydrogen (secondary N) is 1. The van der Waals surface area contributed by atoms with Crippen molar-refractivity contribution in [3.63, 3.8) is 0 Å². The summed E-state index contributed by atoms with van der Waals surface area (Å²) in [5.74, 6) is 7.81. The Bertz CT molecular complexity index is 574. The predicted molar refractivity (Wildman–Crippen MR) is 76.9 cm³/mol. The molecule has 0 spiro atoms. The molecule has 0 fully saturated rings. The van der Waals surface area contributed by atoms with Crippen molar-refractivity contribution in [2.75, 3.05) is 18.6 Å². The number of thioether (sulfide) groups is 1. The van der Waals surface area contributed by atoms with Crippen LogP contribution in [0, 0.1) is 0 Å². The fraction of sp³-hybridized carbons (Fsp3) is 0.250. The molecule has 0 saturated heterocycles. The molecule has 0 unspecified atom stereocenters. The van der Waals surface area contributed by atoms with Crippen LogP contribution in [-0.2, 0) is 5.75 Å². The molecule has 0 radical (unpaired) electrons. The monoisotopic (exact) mass is 295 g/mol. The van der Waals surface area contributed by atoms with Gasteiger partial charge in [-0.05, 0) is 18.2 Å². The number of rotatable bonds is 4. The van der Waals surface area contributed by atoms with E-state index in [0.29, 0.717) is 13.2 Å². The van der Waals surface area contributed by atoms with Gasteiger partial charge in [0.15, 0.2) is 16.6 Å². The fourth-order valence-corrected chi connectivity index (χ4v) is 3.38. The highest BCUT2D eigenvalue weighted by Gasteiger charge is 2.12. The summed E-state index contributed by atoms with van der Waals surface area (Å²) in [4.78, 5) is 6.47. The van der Waals surface area contributed by atoms with Gasteiger partial charge >= 0.3 is 0 Å². The third-order valence-corrected chi connectivity index (χ3v) is 4.73. The topological polar surface area (TPSA) is 69.4 Å². The maximum atomic E-state index is 5.56. The quantitative estimate of drug-likeness (QED) is 0.513. The maximum Gasteiger partial charge on any atom is 0.197 e. The predicted octanol–water partition coefficient (Wildman–Crippen LogP) is 2.49. The number of ether oxygens (including phenoxy) is 2. The Morgan fingerprint density at radius 2 is 2.16 bits per heavy atom. The Morgan fingerprint density at radius 3 is 2.95 bits per heavy atom. The van der Waals surface area contributed by atoms with Crippen molar-refractivity contribution in [3.05, 3.63) is 29.3 Å². The Balaban J connectivity index is 1.66. The maximum absolute atomic E-state index is 5.56. The van der Waals surface area contributed by atoms with Crippen molar-refractivity contribution in [3.8, 4) is 11.5 Å². The van der Waals surface area contributed by atoms with E-state index in [1.54, 1.807) is 23.1 Å². The summed E-state index contributed by atoms with van der Waals surface area (Å²) in [5.41, 5.74) is 2.55. The van der Waals surface area contributed by atoms with Gasteiger partial charge in [0.25, 0.3) is 0 Å². The number of fused-ring (bicyclic) bond motifs is 1. The molecule has 1 aromatic heterocycles. The Labute approximate surface area is 119 Å². The van der Waals surface area contributed by atoms with Gasteiger partial charge in [0.05, 0.1) is 0 Å². The Morgan fingerprint density at radius 1 is 1.32 bits per heavy atom. The highest BCUT2D eigenvalue weighted by atomic mass is 32.2. The lowest BCUT2D eigenvalue weighted by atomic mass is 10.3. The third-order valence-electron chi connectivity index (χ3n) is 2.57. The van der Waals surface area contributed by atoms with E-state index in [2.05, 4.69) is 10.4 Å². The highest BCUT2D eigenvalue weighted by molar-refractivity contribution is 7.98. The summed E-state index contributed by atoms with van der Waals surface area (Å²) in [6.07, 6.45) is 1.84. The summed E-state index contributed by atoms with van der Waals surface area (Å²) >= 11 is 3.29. The largest absolute Gasteiger partial charge is 0.486 e. The molecule has 19 heavy (non-hydrogen) atoms. The molecule has 0 aliphatic carbocycles. The zero-order chi connectivity index (χ0) is 13.1. The standard InChI is InChI=1S/C12H13N3O2S2/c13-15-12-14-6-9(19-12)7-18-8-1-2-10-11(5-8)17-4-3-16-10/h1-2,5-6H,3-4,7,13H2,(H,14,15). The second-order valence-corrected chi connectivity index (χ2v) is 6.03. The molecule has 3 N–H and O–H groups in total. The van der Waals surface area contributed by atoms with Crippen molar-refractivity contribution >= 4 is 28.2 Å². The van der Waals surface area contributed by atoms with Gasteiger partial charge < -0.3 is 9.47 Å². The number of benzene rings is 1. The zero-order valence-corrected chi connectivity index (χ0v) is 11.7. The minimum atomic E-state index is 0.613. The molecule has 0 atom stereocenters. The van der Waals surface area contributed by atoms with E-state index in [4.69, 9.17) is 15.3 Å². The van der Waals surface area contributed by atoms with Crippen LogP contribution in [0.15, 0.2) is 29.3 Å². The second kappa shape index (κ2) is 5.68. The van der Waals surface area contributed by atoms with E-state index in [1.807, 2.05) is 24.4 Å². The number of hydrazine groups is 1. The van der Waals surface area contributed by atoms with Crippen LogP contribution in [0.3, 0.4) is 0 Å². The van der Waals surface area contributed by atoms with Crippen LogP contribution in [0.25, 0.3) is 0 Å². The minimum Gasteiger partial charge on any atom is -0.486 e. The average Bonchev–Trinajstić information content (AvgIpc) is 2.93. The SMILES string of the molecule is NNc1ncc(CSc2ccc3c(c2)OCCO3)s1. The molecule has 0 saturated carbocycles. The lowest BCUT2D eigenvalue weighted by molar-refractivity contribution is 0.171. The second-order valence-electron chi connectivity index (χ2n) is 3.87. The number of nitrogen functional groups attached to an aromatic ring is 1. The number of hydrogen-bond donors (Lipinski definition) is 2. The molecular weight excluding hydrogens is 282 g/mol. The normalized spacial score (nSPS) is 13.3. The first kappa shape index (κ1) is 12.6. The molecule has 0 bridgehead atoms. The van der Waals surface area contributed by atoms with Crippen molar-refractivity contribution in [2.45, 2.75) is 10.6 Å². The summed E-state index contributed by atoms with van der Waals surface area (Å²) in [5, 5.41) is 0.734. The molecule has 100 valence electrons. The van der Waals surface area contributed by atoms with Crippen LogP contribution in [0.2, 0.25) is 0 Å². The summed E-state index contributed by atoms with van der Waals surface area (Å²) in [6.45, 7) is 1.23. The molecule has 1 aromatic carbocycles. The Kier molecular flexibility index (Phi) is 3.77. The van der Waals surface area contributed by atoms with E-state index in [1.165, 1.54) is 4.88 Å². The Hall–Kier alpha value is -1.44. The number of hydrogen-bond acceptors (Lipinski definition) is 7. The van der Waals surface area contributed by atoms with E-state index < -0.39 is 0 Å². The van der Waals surface area contributed by atoms with Crippen LogP contribution in [-0.4, -0.2) is 18.2 Å². The van der Waals surface area contributed by atoms with Crippen LogP contribution in [0.4, 0.5) is 5.13 Å². The smallest absolute Gasteiger partial charge is 0.197 e. The molecule has 7 heteroatoms. The molecule has 2 heterocycles. The van der Waals surface area contributed by atoms with Gasteiger partial charge in [0.2, 0.25) is 0 Å². The number of aromatic nitrogens is 1. The minimum absolute atomic E-state index is 0.613. The summed E-state index contributed by atoms with van der Waals surface area (Å²) in [6, 6.07) is 6.01. The van der Waals surface area contributed by atoms with Gasteiger partial charge in [0.1, 0.15) is 13.2 Å². The molecule has 1 aliphatic rings. The lowest BCUT2D eigenvalue weighted by Gasteiger charge is -2.18. The number of thiazole rings is 1. The van der Waals surface area contributed by atoms with Crippen LogP contribution < -0.4 is 20.7 Å². The highest BCUT2D eigenvalue weighted by Crippen LogP contribution is 2.35. The van der Waals surface area contributed by atoms with Crippen molar-refractivity contribution in [2.24, 2.45) is 5.84 Å². The van der Waals surface area contributed by atoms with Crippen molar-refractivity contribution in [1.29, 1.82) is 0 Å². The fourth-order valence-electron chi connectivity index (χ4n) is 1.71. The van der Waals surface area contributed by atoms with Crippen LogP contribution in [0.5, 0.6) is 11.5 Å². The van der Waals surface area contributed by atoms with E-state index in [0.717, 1.165) is 27.3 Å². The first-order valence-corrected chi connectivity index (χ1v) is 7.59. The van der Waals surface area contributed by atoms with Gasteiger partial charge in [-0.1, -0.05) is 0 Å². The van der Waals surface area contributed by atoms with Crippen molar-refractivity contribution in [1.82, 2.24) is 4.98 Å². The average molecular weight is 295 g/mol. The number of anilines is 1. The molecule has 0 amide bonds. The number of nitrogens with two attached hydrogens (primary N) is 1. The van der Waals surface area contributed by atoms with Gasteiger partial charge in [0, 0.05) is 21.7 Å². The lowest BCUT2D eigenvalue weighted by Crippen LogP contribution is -2.15. The van der Waals surface area contributed by atoms with Gasteiger partial charge in [-0.2, -0.15) is 0 Å². The molecule has 2 aromatic rings. The number of nitrogens with zero attached hydrogens (tertiary/aromatic N) is 1. The first-order chi connectivity index (χ1) is 9.35. The third kappa shape index (κ3) is 2.94. The van der Waals surface area contributed by atoms with E-state index in [9.17, 15) is 0 Å².